The van der Waals surface area contributed by atoms with Crippen LogP contribution in [0.3, 0.4) is 0 Å². The van der Waals surface area contributed by atoms with E-state index < -0.39 is 0 Å². The monoisotopic (exact) mass is 325 g/mol. The molecule has 0 amide bonds. The van der Waals surface area contributed by atoms with Gasteiger partial charge in [-0.05, 0) is 47.2 Å². The summed E-state index contributed by atoms with van der Waals surface area (Å²) in [6.07, 6.45) is 1.76. The minimum atomic E-state index is -0.0196. The summed E-state index contributed by atoms with van der Waals surface area (Å²) in [5.41, 5.74) is 4.44. The van der Waals surface area contributed by atoms with E-state index in [0.717, 1.165) is 11.3 Å². The van der Waals surface area contributed by atoms with Gasteiger partial charge >= 0.3 is 0 Å². The highest BCUT2D eigenvalue weighted by atomic mass is 14.6. The van der Waals surface area contributed by atoms with Crippen LogP contribution in [-0.4, -0.2) is 4.98 Å². The van der Waals surface area contributed by atoms with Crippen LogP contribution in [0.5, 0.6) is 0 Å². The summed E-state index contributed by atoms with van der Waals surface area (Å²) in [5, 5.41) is 0. The molecule has 1 heterocycles. The first kappa shape index (κ1) is 17.0. The number of pyridine rings is 1. The van der Waals surface area contributed by atoms with E-state index in [9.17, 15) is 0 Å². The van der Waals surface area contributed by atoms with Crippen molar-refractivity contribution in [3.63, 3.8) is 0 Å². The molecule has 0 aliphatic carbocycles. The van der Waals surface area contributed by atoms with Crippen LogP contribution in [0.1, 0.15) is 43.2 Å². The average molecular weight is 325 g/mol. The van der Waals surface area contributed by atoms with Gasteiger partial charge in [0, 0.05) is 17.2 Å². The van der Waals surface area contributed by atoms with E-state index in [-0.39, 0.29) is 5.41 Å². The van der Waals surface area contributed by atoms with Crippen molar-refractivity contribution in [1.29, 1.82) is 0 Å². The summed E-state index contributed by atoms with van der Waals surface area (Å²) in [6, 6.07) is 25.1. The molecule has 1 nitrogen and oxygen atoms in total. The van der Waals surface area contributed by atoms with Gasteiger partial charge in [0.1, 0.15) is 5.69 Å². The number of hydrogen-bond acceptors (Lipinski definition) is 1. The summed E-state index contributed by atoms with van der Waals surface area (Å²) in [6.45, 7) is 6.88. The van der Waals surface area contributed by atoms with E-state index in [4.69, 9.17) is 0 Å². The van der Waals surface area contributed by atoms with Crippen molar-refractivity contribution in [2.75, 3.05) is 0 Å². The van der Waals surface area contributed by atoms with E-state index >= 15 is 0 Å². The Bertz CT molecular complexity index is 868. The van der Waals surface area contributed by atoms with Crippen molar-refractivity contribution in [2.45, 2.75) is 26.2 Å². The molecule has 0 aliphatic heterocycles. The standard InChI is InChI=1S/C24H23N/c1-19(2)24(3,21-9-5-4-6-10-21)22-15-12-20(13-16-22)14-17-23-11-7-8-18-25-23/h4-13,15-16,18-19H,1-3H3. The van der Waals surface area contributed by atoms with Crippen LogP contribution < -0.4 is 0 Å². The molecule has 0 radical (unpaired) electrons. The van der Waals surface area contributed by atoms with E-state index in [1.54, 1.807) is 6.20 Å². The highest BCUT2D eigenvalue weighted by Crippen LogP contribution is 2.38. The van der Waals surface area contributed by atoms with Crippen LogP contribution >= 0.6 is 0 Å². The first-order valence-corrected chi connectivity index (χ1v) is 8.70. The van der Waals surface area contributed by atoms with Gasteiger partial charge in [-0.3, -0.25) is 0 Å². The number of hydrogen-bond donors (Lipinski definition) is 0. The first-order chi connectivity index (χ1) is 12.1. The van der Waals surface area contributed by atoms with Gasteiger partial charge in [0.25, 0.3) is 0 Å². The number of aromatic nitrogens is 1. The summed E-state index contributed by atoms with van der Waals surface area (Å²) in [5.74, 6) is 6.80. The molecule has 3 rings (SSSR count). The highest BCUT2D eigenvalue weighted by Gasteiger charge is 2.32. The van der Waals surface area contributed by atoms with Crippen molar-refractivity contribution in [2.24, 2.45) is 5.92 Å². The Balaban J connectivity index is 1.92. The molecule has 0 spiro atoms. The molecular formula is C24H23N. The smallest absolute Gasteiger partial charge is 0.113 e. The molecule has 1 heteroatoms. The van der Waals surface area contributed by atoms with Gasteiger partial charge < -0.3 is 0 Å². The minimum absolute atomic E-state index is 0.0196. The zero-order valence-electron chi connectivity index (χ0n) is 15.0. The van der Waals surface area contributed by atoms with Crippen molar-refractivity contribution >= 4 is 0 Å². The Morgan fingerprint density at radius 2 is 1.40 bits per heavy atom. The maximum atomic E-state index is 4.24. The molecule has 3 aromatic rings. The minimum Gasteiger partial charge on any atom is -0.248 e. The zero-order chi connectivity index (χ0) is 17.7. The van der Waals surface area contributed by atoms with Crippen LogP contribution in [-0.2, 0) is 5.41 Å². The predicted octanol–water partition coefficient (Wildman–Crippen LogP) is 5.44. The third kappa shape index (κ3) is 3.64. The molecule has 0 fully saturated rings. The van der Waals surface area contributed by atoms with E-state index in [1.807, 2.05) is 18.2 Å². The summed E-state index contributed by atoms with van der Waals surface area (Å²) in [7, 11) is 0. The molecule has 124 valence electrons. The van der Waals surface area contributed by atoms with Crippen LogP contribution in [0.15, 0.2) is 79.0 Å². The third-order valence-electron chi connectivity index (χ3n) is 5.01. The van der Waals surface area contributed by atoms with Gasteiger partial charge in [0.2, 0.25) is 0 Å². The lowest BCUT2D eigenvalue weighted by molar-refractivity contribution is 0.405. The molecule has 0 saturated heterocycles. The summed E-state index contributed by atoms with van der Waals surface area (Å²) in [4.78, 5) is 4.24. The van der Waals surface area contributed by atoms with Crippen molar-refractivity contribution in [3.8, 4) is 11.8 Å². The largest absolute Gasteiger partial charge is 0.248 e. The van der Waals surface area contributed by atoms with Crippen molar-refractivity contribution in [1.82, 2.24) is 4.98 Å². The van der Waals surface area contributed by atoms with E-state index in [1.165, 1.54) is 11.1 Å². The Hall–Kier alpha value is -2.85. The molecule has 2 aromatic carbocycles. The zero-order valence-corrected chi connectivity index (χ0v) is 15.0. The molecule has 1 atom stereocenters. The maximum absolute atomic E-state index is 4.24. The molecule has 1 unspecified atom stereocenters. The SMILES string of the molecule is CC(C)C(C)(c1ccccc1)c1ccc(C#Cc2ccccn2)cc1. The fourth-order valence-corrected chi connectivity index (χ4v) is 3.09. The quantitative estimate of drug-likeness (QED) is 0.584. The summed E-state index contributed by atoms with van der Waals surface area (Å²) < 4.78 is 0. The average Bonchev–Trinajstić information content (AvgIpc) is 2.67. The number of nitrogens with zero attached hydrogens (tertiary/aromatic N) is 1. The third-order valence-corrected chi connectivity index (χ3v) is 5.01. The highest BCUT2D eigenvalue weighted by molar-refractivity contribution is 5.45. The van der Waals surface area contributed by atoms with Crippen LogP contribution in [0.4, 0.5) is 0 Å². The molecule has 0 aliphatic rings. The Labute approximate surface area is 150 Å². The van der Waals surface area contributed by atoms with Gasteiger partial charge in [0.05, 0.1) is 0 Å². The maximum Gasteiger partial charge on any atom is 0.113 e. The molecule has 25 heavy (non-hydrogen) atoms. The molecular weight excluding hydrogens is 302 g/mol. The molecule has 0 saturated carbocycles. The van der Waals surface area contributed by atoms with Crippen LogP contribution in [0.25, 0.3) is 0 Å². The van der Waals surface area contributed by atoms with Gasteiger partial charge in [-0.15, -0.1) is 0 Å². The van der Waals surface area contributed by atoms with Gasteiger partial charge in [0.15, 0.2) is 0 Å². The second-order valence-electron chi connectivity index (χ2n) is 6.77. The van der Waals surface area contributed by atoms with E-state index in [0.29, 0.717) is 5.92 Å². The van der Waals surface area contributed by atoms with Crippen LogP contribution in [0, 0.1) is 17.8 Å². The molecule has 0 bridgehead atoms. The Morgan fingerprint density at radius 3 is 2.00 bits per heavy atom. The van der Waals surface area contributed by atoms with E-state index in [2.05, 4.69) is 92.2 Å². The normalized spacial score (nSPS) is 13.0. The second-order valence-corrected chi connectivity index (χ2v) is 6.77. The van der Waals surface area contributed by atoms with Crippen LogP contribution in [0.2, 0.25) is 0 Å². The molecule has 0 N–H and O–H groups in total. The predicted molar refractivity (Wildman–Crippen MR) is 104 cm³/mol. The first-order valence-electron chi connectivity index (χ1n) is 8.70. The Kier molecular flexibility index (Phi) is 5.00. The molecule has 1 aromatic heterocycles. The number of benzene rings is 2. The van der Waals surface area contributed by atoms with Gasteiger partial charge in [-0.25, -0.2) is 4.98 Å². The van der Waals surface area contributed by atoms with Gasteiger partial charge in [-0.2, -0.15) is 0 Å². The van der Waals surface area contributed by atoms with Crippen molar-refractivity contribution < 1.29 is 0 Å². The lowest BCUT2D eigenvalue weighted by Gasteiger charge is -2.35. The fourth-order valence-electron chi connectivity index (χ4n) is 3.09. The lowest BCUT2D eigenvalue weighted by Crippen LogP contribution is -2.30. The van der Waals surface area contributed by atoms with Crippen molar-refractivity contribution in [3.05, 3.63) is 101 Å². The van der Waals surface area contributed by atoms with Gasteiger partial charge in [-0.1, -0.05) is 75.2 Å². The second kappa shape index (κ2) is 7.36. The topological polar surface area (TPSA) is 12.9 Å². The Morgan fingerprint density at radius 1 is 0.760 bits per heavy atom. The number of rotatable bonds is 3. The lowest BCUT2D eigenvalue weighted by atomic mass is 9.68. The summed E-state index contributed by atoms with van der Waals surface area (Å²) >= 11 is 0. The fraction of sp³-hybridized carbons (Fsp3) is 0.208.